The van der Waals surface area contributed by atoms with E-state index in [0.717, 1.165) is 8.66 Å². The van der Waals surface area contributed by atoms with Crippen LogP contribution in [-0.4, -0.2) is 0 Å². The fourth-order valence-corrected chi connectivity index (χ4v) is 4.11. The van der Waals surface area contributed by atoms with Crippen LogP contribution < -0.4 is 5.73 Å². The summed E-state index contributed by atoms with van der Waals surface area (Å²) >= 11 is 16.8. The smallest absolute Gasteiger partial charge is 0.142 e. The number of benzene rings is 1. The van der Waals surface area contributed by atoms with Crippen LogP contribution in [-0.2, 0) is 12.0 Å². The lowest BCUT2D eigenvalue weighted by Crippen LogP contribution is -2.35. The van der Waals surface area contributed by atoms with Gasteiger partial charge in [0, 0.05) is 21.9 Å². The number of nitrogens with two attached hydrogens (primary N) is 1. The summed E-state index contributed by atoms with van der Waals surface area (Å²) in [6, 6.07) is 6.65. The summed E-state index contributed by atoms with van der Waals surface area (Å²) in [5.41, 5.74) is 6.10. The van der Waals surface area contributed by atoms with Gasteiger partial charge in [-0.3, -0.25) is 0 Å². The Balaban J connectivity index is 2.36. The van der Waals surface area contributed by atoms with Crippen molar-refractivity contribution in [2.24, 2.45) is 5.73 Å². The lowest BCUT2D eigenvalue weighted by Gasteiger charge is -2.26. The average Bonchev–Trinajstić information content (AvgIpc) is 2.68. The van der Waals surface area contributed by atoms with Crippen LogP contribution in [0.5, 0.6) is 0 Å². The lowest BCUT2D eigenvalue weighted by atomic mass is 9.89. The van der Waals surface area contributed by atoms with Gasteiger partial charge in [0.05, 0.1) is 8.81 Å². The van der Waals surface area contributed by atoms with Gasteiger partial charge >= 0.3 is 0 Å². The van der Waals surface area contributed by atoms with E-state index in [2.05, 4.69) is 15.9 Å². The maximum Gasteiger partial charge on any atom is 0.142 e. The molecule has 1 unspecified atom stereocenters. The molecule has 0 fully saturated rings. The molecule has 2 N–H and O–H groups in total. The molecule has 0 aliphatic rings. The Hall–Kier alpha value is -0.130. The third-order valence-electron chi connectivity index (χ3n) is 2.80. The van der Waals surface area contributed by atoms with E-state index >= 15 is 0 Å². The van der Waals surface area contributed by atoms with Crippen molar-refractivity contribution in [2.75, 3.05) is 0 Å². The Morgan fingerprint density at radius 2 is 2.00 bits per heavy atom. The maximum absolute atomic E-state index is 13.6. The molecular formula is C13H11BrCl2FNS. The molecule has 1 heterocycles. The number of rotatable bonds is 3. The maximum atomic E-state index is 13.6. The Bertz CT molecular complexity index is 613. The normalized spacial score (nSPS) is 14.4. The van der Waals surface area contributed by atoms with Crippen molar-refractivity contribution in [1.82, 2.24) is 0 Å². The predicted octanol–water partition coefficient (Wildman–Crippen LogP) is 5.37. The zero-order chi connectivity index (χ0) is 14.2. The van der Waals surface area contributed by atoms with Crippen molar-refractivity contribution < 1.29 is 4.39 Å². The molecule has 102 valence electrons. The van der Waals surface area contributed by atoms with Crippen molar-refractivity contribution in [2.45, 2.75) is 18.9 Å². The summed E-state index contributed by atoms with van der Waals surface area (Å²) in [5.74, 6) is -0.509. The van der Waals surface area contributed by atoms with Gasteiger partial charge in [-0.1, -0.05) is 23.2 Å². The van der Waals surface area contributed by atoms with Crippen LogP contribution in [0.4, 0.5) is 4.39 Å². The van der Waals surface area contributed by atoms with Gasteiger partial charge in [0.15, 0.2) is 0 Å². The summed E-state index contributed by atoms with van der Waals surface area (Å²) in [6.45, 7) is 1.83. The molecule has 6 heteroatoms. The van der Waals surface area contributed by atoms with E-state index in [-0.39, 0.29) is 5.02 Å². The van der Waals surface area contributed by atoms with Gasteiger partial charge in [-0.2, -0.15) is 0 Å². The van der Waals surface area contributed by atoms with Crippen molar-refractivity contribution in [3.63, 3.8) is 0 Å². The number of halogens is 4. The Labute approximate surface area is 133 Å². The predicted molar refractivity (Wildman–Crippen MR) is 83.7 cm³/mol. The summed E-state index contributed by atoms with van der Waals surface area (Å²) in [5, 5.41) is 0.385. The third kappa shape index (κ3) is 3.50. The quantitative estimate of drug-likeness (QED) is 0.709. The second kappa shape index (κ2) is 5.70. The minimum Gasteiger partial charge on any atom is -0.321 e. The molecule has 1 aromatic carbocycles. The summed E-state index contributed by atoms with van der Waals surface area (Å²) in [4.78, 5) is 1.10. The van der Waals surface area contributed by atoms with Crippen LogP contribution in [0.25, 0.3) is 0 Å². The SMILES string of the molecule is CC(N)(Cc1ccc(Br)s1)c1cc(F)c(Cl)cc1Cl. The second-order valence-electron chi connectivity index (χ2n) is 4.55. The van der Waals surface area contributed by atoms with Crippen molar-refractivity contribution in [3.05, 3.63) is 54.4 Å². The highest BCUT2D eigenvalue weighted by Crippen LogP contribution is 2.34. The van der Waals surface area contributed by atoms with Crippen LogP contribution in [0.1, 0.15) is 17.4 Å². The molecule has 1 aromatic heterocycles. The summed E-state index contributed by atoms with van der Waals surface area (Å²) in [7, 11) is 0. The van der Waals surface area contributed by atoms with Gasteiger partial charge in [0.1, 0.15) is 5.82 Å². The van der Waals surface area contributed by atoms with E-state index in [0.29, 0.717) is 17.0 Å². The van der Waals surface area contributed by atoms with Crippen molar-refractivity contribution in [3.8, 4) is 0 Å². The first-order valence-corrected chi connectivity index (χ1v) is 7.84. The zero-order valence-corrected chi connectivity index (χ0v) is 13.9. The molecule has 0 saturated heterocycles. The highest BCUT2D eigenvalue weighted by molar-refractivity contribution is 9.11. The Morgan fingerprint density at radius 3 is 2.58 bits per heavy atom. The molecule has 0 amide bonds. The number of hydrogen-bond donors (Lipinski definition) is 1. The first kappa shape index (κ1) is 15.3. The fourth-order valence-electron chi connectivity index (χ4n) is 1.86. The molecule has 1 atom stereocenters. The van der Waals surface area contributed by atoms with Gasteiger partial charge in [-0.15, -0.1) is 11.3 Å². The molecule has 19 heavy (non-hydrogen) atoms. The number of thiophene rings is 1. The van der Waals surface area contributed by atoms with Crippen molar-refractivity contribution >= 4 is 50.5 Å². The summed E-state index contributed by atoms with van der Waals surface area (Å²) < 4.78 is 14.6. The largest absolute Gasteiger partial charge is 0.321 e. The third-order valence-corrected chi connectivity index (χ3v) is 5.02. The highest BCUT2D eigenvalue weighted by atomic mass is 79.9. The molecule has 0 radical (unpaired) electrons. The molecule has 0 spiro atoms. The Kier molecular flexibility index (Phi) is 4.58. The molecule has 2 rings (SSSR count). The first-order chi connectivity index (χ1) is 8.79. The van der Waals surface area contributed by atoms with Crippen LogP contribution in [0.15, 0.2) is 28.1 Å². The second-order valence-corrected chi connectivity index (χ2v) is 7.91. The first-order valence-electron chi connectivity index (χ1n) is 5.48. The van der Waals surface area contributed by atoms with Gasteiger partial charge in [-0.25, -0.2) is 4.39 Å². The number of hydrogen-bond acceptors (Lipinski definition) is 2. The van der Waals surface area contributed by atoms with Gasteiger partial charge < -0.3 is 5.73 Å². The minimum atomic E-state index is -0.757. The van der Waals surface area contributed by atoms with E-state index in [1.807, 2.05) is 19.1 Å². The molecule has 2 aromatic rings. The zero-order valence-electron chi connectivity index (χ0n) is 10.0. The average molecular weight is 383 g/mol. The topological polar surface area (TPSA) is 26.0 Å². The van der Waals surface area contributed by atoms with Crippen LogP contribution in [0, 0.1) is 5.82 Å². The van der Waals surface area contributed by atoms with E-state index in [1.54, 1.807) is 11.3 Å². The Morgan fingerprint density at radius 1 is 1.32 bits per heavy atom. The molecular weight excluding hydrogens is 372 g/mol. The van der Waals surface area contributed by atoms with E-state index < -0.39 is 11.4 Å². The molecule has 0 aliphatic carbocycles. The summed E-state index contributed by atoms with van der Waals surface area (Å²) in [6.07, 6.45) is 0.573. The standard InChI is InChI=1S/C13H11BrCl2FNS/c1-13(18,6-7-2-3-12(14)19-7)8-4-11(17)10(16)5-9(8)15/h2-5H,6,18H2,1H3. The minimum absolute atomic E-state index is 0.00316. The van der Waals surface area contributed by atoms with Crippen molar-refractivity contribution in [1.29, 1.82) is 0 Å². The van der Waals surface area contributed by atoms with Gasteiger partial charge in [-0.05, 0) is 52.7 Å². The highest BCUT2D eigenvalue weighted by Gasteiger charge is 2.26. The van der Waals surface area contributed by atoms with Gasteiger partial charge in [0.2, 0.25) is 0 Å². The molecule has 0 saturated carbocycles. The molecule has 0 aliphatic heterocycles. The van der Waals surface area contributed by atoms with Crippen LogP contribution >= 0.6 is 50.5 Å². The molecule has 0 bridgehead atoms. The molecule has 1 nitrogen and oxygen atoms in total. The monoisotopic (exact) mass is 381 g/mol. The fraction of sp³-hybridized carbons (Fsp3) is 0.231. The van der Waals surface area contributed by atoms with Gasteiger partial charge in [0.25, 0.3) is 0 Å². The van der Waals surface area contributed by atoms with E-state index in [1.165, 1.54) is 12.1 Å². The lowest BCUT2D eigenvalue weighted by molar-refractivity contribution is 0.490. The van der Waals surface area contributed by atoms with Crippen LogP contribution in [0.2, 0.25) is 10.0 Å². The van der Waals surface area contributed by atoms with E-state index in [9.17, 15) is 4.39 Å². The van der Waals surface area contributed by atoms with E-state index in [4.69, 9.17) is 28.9 Å². The van der Waals surface area contributed by atoms with Crippen LogP contribution in [0.3, 0.4) is 0 Å².